The van der Waals surface area contributed by atoms with E-state index >= 15 is 0 Å². The molecule has 88 valence electrons. The van der Waals surface area contributed by atoms with Crippen LogP contribution in [0, 0.1) is 15.9 Å². The highest BCUT2D eigenvalue weighted by Crippen LogP contribution is 2.17. The summed E-state index contributed by atoms with van der Waals surface area (Å²) >= 11 is 0. The number of non-ortho nitro benzene ring substituents is 1. The van der Waals surface area contributed by atoms with Gasteiger partial charge in [0.2, 0.25) is 0 Å². The molecule has 0 aliphatic rings. The summed E-state index contributed by atoms with van der Waals surface area (Å²) in [5, 5.41) is 13.6. The third-order valence-electron chi connectivity index (χ3n) is 2.05. The largest absolute Gasteiger partial charge is 0.308 e. The van der Waals surface area contributed by atoms with Crippen molar-refractivity contribution in [3.05, 3.63) is 39.7 Å². The molecular weight excluding hydrogens is 211 g/mol. The monoisotopic (exact) mass is 226 g/mol. The van der Waals surface area contributed by atoms with Gasteiger partial charge in [-0.05, 0) is 26.8 Å². The maximum absolute atomic E-state index is 13.3. The van der Waals surface area contributed by atoms with Gasteiger partial charge in [-0.1, -0.05) is 0 Å². The molecule has 0 atom stereocenters. The second-order valence-corrected chi connectivity index (χ2v) is 4.64. The van der Waals surface area contributed by atoms with Crippen molar-refractivity contribution in [3.63, 3.8) is 0 Å². The van der Waals surface area contributed by atoms with Crippen LogP contribution in [0.2, 0.25) is 0 Å². The van der Waals surface area contributed by atoms with E-state index in [0.29, 0.717) is 5.56 Å². The molecule has 0 unspecified atom stereocenters. The fourth-order valence-corrected chi connectivity index (χ4v) is 1.17. The summed E-state index contributed by atoms with van der Waals surface area (Å²) in [6, 6.07) is 3.54. The van der Waals surface area contributed by atoms with Crippen LogP contribution in [0.25, 0.3) is 0 Å². The Kier molecular flexibility index (Phi) is 3.59. The summed E-state index contributed by atoms with van der Waals surface area (Å²) in [6.45, 7) is 6.11. The zero-order chi connectivity index (χ0) is 12.3. The molecule has 0 saturated heterocycles. The summed E-state index contributed by atoms with van der Waals surface area (Å²) in [5.41, 5.74) is 0.0630. The van der Waals surface area contributed by atoms with Crippen LogP contribution >= 0.6 is 0 Å². The highest BCUT2D eigenvalue weighted by molar-refractivity contribution is 5.35. The maximum atomic E-state index is 13.3. The molecule has 0 bridgehead atoms. The van der Waals surface area contributed by atoms with E-state index in [2.05, 4.69) is 5.32 Å². The van der Waals surface area contributed by atoms with Gasteiger partial charge in [-0.2, -0.15) is 0 Å². The summed E-state index contributed by atoms with van der Waals surface area (Å²) in [5.74, 6) is -0.428. The Labute approximate surface area is 93.6 Å². The van der Waals surface area contributed by atoms with Gasteiger partial charge in [-0.15, -0.1) is 0 Å². The maximum Gasteiger partial charge on any atom is 0.269 e. The SMILES string of the molecule is CC(C)(C)NCc1cc([N+](=O)[O-])ccc1F. The summed E-state index contributed by atoms with van der Waals surface area (Å²) < 4.78 is 13.3. The van der Waals surface area contributed by atoms with Crippen LogP contribution in [0.15, 0.2) is 18.2 Å². The van der Waals surface area contributed by atoms with Crippen LogP contribution in [0.5, 0.6) is 0 Å². The van der Waals surface area contributed by atoms with Gasteiger partial charge in [0, 0.05) is 29.8 Å². The van der Waals surface area contributed by atoms with Crippen LogP contribution in [0.4, 0.5) is 10.1 Å². The highest BCUT2D eigenvalue weighted by Gasteiger charge is 2.13. The van der Waals surface area contributed by atoms with Crippen molar-refractivity contribution >= 4 is 5.69 Å². The van der Waals surface area contributed by atoms with E-state index < -0.39 is 10.7 Å². The Morgan fingerprint density at radius 1 is 1.44 bits per heavy atom. The minimum absolute atomic E-state index is 0.0906. The van der Waals surface area contributed by atoms with Crippen molar-refractivity contribution in [3.8, 4) is 0 Å². The lowest BCUT2D eigenvalue weighted by Crippen LogP contribution is -2.35. The Bertz CT molecular complexity index is 399. The van der Waals surface area contributed by atoms with E-state index in [0.717, 1.165) is 12.1 Å². The number of benzene rings is 1. The lowest BCUT2D eigenvalue weighted by molar-refractivity contribution is -0.385. The summed E-state index contributed by atoms with van der Waals surface area (Å²) in [6.07, 6.45) is 0. The van der Waals surface area contributed by atoms with Gasteiger partial charge in [0.15, 0.2) is 0 Å². The van der Waals surface area contributed by atoms with Crippen LogP contribution in [0.1, 0.15) is 26.3 Å². The van der Waals surface area contributed by atoms with Gasteiger partial charge >= 0.3 is 0 Å². The third kappa shape index (κ3) is 3.58. The van der Waals surface area contributed by atoms with Crippen molar-refractivity contribution in [1.82, 2.24) is 5.32 Å². The number of nitro benzene ring substituents is 1. The average Bonchev–Trinajstić information content (AvgIpc) is 2.14. The first-order valence-electron chi connectivity index (χ1n) is 4.97. The Morgan fingerprint density at radius 2 is 2.06 bits per heavy atom. The molecule has 1 N–H and O–H groups in total. The van der Waals surface area contributed by atoms with Crippen LogP contribution in [0.3, 0.4) is 0 Å². The zero-order valence-electron chi connectivity index (χ0n) is 9.58. The van der Waals surface area contributed by atoms with E-state index in [4.69, 9.17) is 0 Å². The van der Waals surface area contributed by atoms with E-state index in [-0.39, 0.29) is 17.8 Å². The summed E-state index contributed by atoms with van der Waals surface area (Å²) in [4.78, 5) is 10.0. The van der Waals surface area contributed by atoms with Crippen LogP contribution < -0.4 is 5.32 Å². The molecule has 0 fully saturated rings. The van der Waals surface area contributed by atoms with Gasteiger partial charge in [0.05, 0.1) is 4.92 Å². The van der Waals surface area contributed by atoms with Crippen molar-refractivity contribution in [2.24, 2.45) is 0 Å². The smallest absolute Gasteiger partial charge is 0.269 e. The molecule has 0 aromatic heterocycles. The van der Waals surface area contributed by atoms with Gasteiger partial charge in [0.25, 0.3) is 5.69 Å². The quantitative estimate of drug-likeness (QED) is 0.636. The molecule has 0 aliphatic carbocycles. The molecule has 1 rings (SSSR count). The number of rotatable bonds is 3. The lowest BCUT2D eigenvalue weighted by Gasteiger charge is -2.20. The fraction of sp³-hybridized carbons (Fsp3) is 0.455. The first kappa shape index (κ1) is 12.6. The number of nitrogens with zero attached hydrogens (tertiary/aromatic N) is 1. The van der Waals surface area contributed by atoms with Crippen LogP contribution in [-0.4, -0.2) is 10.5 Å². The normalized spacial score (nSPS) is 11.5. The lowest BCUT2D eigenvalue weighted by atomic mass is 10.1. The Balaban J connectivity index is 2.86. The minimum Gasteiger partial charge on any atom is -0.308 e. The number of nitro groups is 1. The van der Waals surface area contributed by atoms with Crippen molar-refractivity contribution in [2.75, 3.05) is 0 Å². The minimum atomic E-state index is -0.528. The number of nitrogens with one attached hydrogen (secondary N) is 1. The second kappa shape index (κ2) is 4.57. The zero-order valence-corrected chi connectivity index (χ0v) is 9.58. The molecule has 0 saturated carbocycles. The molecule has 0 heterocycles. The fourth-order valence-electron chi connectivity index (χ4n) is 1.17. The Hall–Kier alpha value is -1.49. The number of hydrogen-bond donors (Lipinski definition) is 1. The number of hydrogen-bond acceptors (Lipinski definition) is 3. The van der Waals surface area contributed by atoms with Crippen LogP contribution in [-0.2, 0) is 6.54 Å². The standard InChI is InChI=1S/C11H15FN2O2/c1-11(2,3)13-7-8-6-9(14(15)16)4-5-10(8)12/h4-6,13H,7H2,1-3H3. The average molecular weight is 226 g/mol. The second-order valence-electron chi connectivity index (χ2n) is 4.64. The van der Waals surface area contributed by atoms with E-state index in [9.17, 15) is 14.5 Å². The Morgan fingerprint density at radius 3 is 2.56 bits per heavy atom. The molecule has 16 heavy (non-hydrogen) atoms. The predicted octanol–water partition coefficient (Wildman–Crippen LogP) is 2.62. The molecule has 0 amide bonds. The van der Waals surface area contributed by atoms with E-state index in [1.54, 1.807) is 0 Å². The van der Waals surface area contributed by atoms with Crippen molar-refractivity contribution < 1.29 is 9.31 Å². The van der Waals surface area contributed by atoms with E-state index in [1.807, 2.05) is 20.8 Å². The third-order valence-corrected chi connectivity index (χ3v) is 2.05. The first-order chi connectivity index (χ1) is 7.29. The summed E-state index contributed by atoms with van der Waals surface area (Å²) in [7, 11) is 0. The highest BCUT2D eigenvalue weighted by atomic mass is 19.1. The van der Waals surface area contributed by atoms with Gasteiger partial charge in [0.1, 0.15) is 5.82 Å². The number of halogens is 1. The van der Waals surface area contributed by atoms with Crippen molar-refractivity contribution in [2.45, 2.75) is 32.9 Å². The first-order valence-corrected chi connectivity index (χ1v) is 4.97. The van der Waals surface area contributed by atoms with Gasteiger partial charge < -0.3 is 5.32 Å². The molecule has 1 aromatic carbocycles. The van der Waals surface area contributed by atoms with Crippen molar-refractivity contribution in [1.29, 1.82) is 0 Å². The van der Waals surface area contributed by atoms with E-state index in [1.165, 1.54) is 6.07 Å². The van der Waals surface area contributed by atoms with Gasteiger partial charge in [-0.3, -0.25) is 10.1 Å². The van der Waals surface area contributed by atoms with Gasteiger partial charge in [-0.25, -0.2) is 4.39 Å². The molecule has 4 nitrogen and oxygen atoms in total. The molecule has 0 radical (unpaired) electrons. The predicted molar refractivity (Wildman–Crippen MR) is 59.6 cm³/mol. The topological polar surface area (TPSA) is 55.2 Å². The molecular formula is C11H15FN2O2. The molecule has 0 spiro atoms. The molecule has 0 aliphatic heterocycles. The molecule has 1 aromatic rings. The molecule has 5 heteroatoms.